The quantitative estimate of drug-likeness (QED) is 0.645. The number of Topliss-reactive ketones (excluding diaryl/α,β-unsaturated/α-hetero) is 1. The third-order valence-corrected chi connectivity index (χ3v) is 5.49. The lowest BCUT2D eigenvalue weighted by atomic mass is 9.81. The van der Waals surface area contributed by atoms with Crippen LogP contribution in [-0.4, -0.2) is 35.7 Å². The van der Waals surface area contributed by atoms with E-state index in [4.69, 9.17) is 10.2 Å². The van der Waals surface area contributed by atoms with Gasteiger partial charge < -0.3 is 15.1 Å². The van der Waals surface area contributed by atoms with E-state index in [-0.39, 0.29) is 17.6 Å². The van der Waals surface area contributed by atoms with Crippen molar-refractivity contribution >= 4 is 22.7 Å². The maximum Gasteiger partial charge on any atom is 0.336 e. The lowest BCUT2D eigenvalue weighted by Gasteiger charge is -2.35. The van der Waals surface area contributed by atoms with Gasteiger partial charge in [-0.2, -0.15) is 0 Å². The number of piperidine rings is 1. The van der Waals surface area contributed by atoms with E-state index in [1.54, 1.807) is 31.2 Å². The lowest BCUT2D eigenvalue weighted by Crippen LogP contribution is -2.46. The zero-order valence-electron chi connectivity index (χ0n) is 15.8. The molecule has 1 fully saturated rings. The molecule has 1 unspecified atom stereocenters. The summed E-state index contributed by atoms with van der Waals surface area (Å²) in [4.78, 5) is 37.8. The Bertz CT molecular complexity index is 894. The normalized spacial score (nSPS) is 17.7. The molecule has 6 heteroatoms. The van der Waals surface area contributed by atoms with Gasteiger partial charge in [-0.25, -0.2) is 4.79 Å². The Kier molecular flexibility index (Phi) is 5.75. The standard InChI is InChI=1S/C21H26N2O4/c1-13(15-7-9-23(10-8-15)21(26)14(2)22)11-18(24)16-3-5-19-17(12-16)4-6-20(25)27-19/h3-6,12-15H,7-11,22H2,1-2H3/t13?,14-/m0/s1. The van der Waals surface area contributed by atoms with Crippen molar-refractivity contribution in [1.29, 1.82) is 0 Å². The van der Waals surface area contributed by atoms with Crippen LogP contribution in [0.25, 0.3) is 11.0 Å². The SMILES string of the molecule is CC(CC(=O)c1ccc2oc(=O)ccc2c1)C1CCN(C(=O)[C@H](C)N)CC1. The molecule has 1 saturated heterocycles. The summed E-state index contributed by atoms with van der Waals surface area (Å²) in [6, 6.07) is 7.73. The molecule has 1 aliphatic heterocycles. The van der Waals surface area contributed by atoms with Crippen molar-refractivity contribution < 1.29 is 14.0 Å². The van der Waals surface area contributed by atoms with Gasteiger partial charge in [0.05, 0.1) is 6.04 Å². The summed E-state index contributed by atoms with van der Waals surface area (Å²) in [5.41, 5.74) is 6.40. The molecule has 2 N–H and O–H groups in total. The van der Waals surface area contributed by atoms with E-state index in [2.05, 4.69) is 6.92 Å². The van der Waals surface area contributed by atoms with Crippen molar-refractivity contribution in [3.8, 4) is 0 Å². The minimum atomic E-state index is -0.460. The third-order valence-electron chi connectivity index (χ3n) is 5.49. The molecule has 3 rings (SSSR count). The Labute approximate surface area is 158 Å². The largest absolute Gasteiger partial charge is 0.423 e. The van der Waals surface area contributed by atoms with Crippen LogP contribution in [0.1, 0.15) is 43.5 Å². The summed E-state index contributed by atoms with van der Waals surface area (Å²) in [6.45, 7) is 5.23. The van der Waals surface area contributed by atoms with Crippen LogP contribution in [0.15, 0.2) is 39.5 Å². The van der Waals surface area contributed by atoms with E-state index in [0.717, 1.165) is 18.2 Å². The highest BCUT2D eigenvalue weighted by atomic mass is 16.4. The van der Waals surface area contributed by atoms with Gasteiger partial charge in [-0.15, -0.1) is 0 Å². The van der Waals surface area contributed by atoms with E-state index in [0.29, 0.717) is 36.6 Å². The van der Waals surface area contributed by atoms with Crippen molar-refractivity contribution in [2.24, 2.45) is 17.6 Å². The summed E-state index contributed by atoms with van der Waals surface area (Å²) in [5, 5.41) is 0.746. The van der Waals surface area contributed by atoms with Crippen molar-refractivity contribution in [3.63, 3.8) is 0 Å². The molecule has 1 aromatic carbocycles. The second-order valence-electron chi connectivity index (χ2n) is 7.56. The van der Waals surface area contributed by atoms with E-state index in [1.165, 1.54) is 6.07 Å². The Hall–Kier alpha value is -2.47. The first-order valence-corrected chi connectivity index (χ1v) is 9.46. The van der Waals surface area contributed by atoms with Crippen LogP contribution in [0, 0.1) is 11.8 Å². The molecule has 0 bridgehead atoms. The van der Waals surface area contributed by atoms with Gasteiger partial charge in [0.25, 0.3) is 0 Å². The molecule has 1 aliphatic rings. The minimum Gasteiger partial charge on any atom is -0.423 e. The van der Waals surface area contributed by atoms with Crippen molar-refractivity contribution in [2.45, 2.75) is 39.2 Å². The highest BCUT2D eigenvalue weighted by Gasteiger charge is 2.28. The fourth-order valence-corrected chi connectivity index (χ4v) is 3.80. The summed E-state index contributed by atoms with van der Waals surface area (Å²) in [7, 11) is 0. The first-order chi connectivity index (χ1) is 12.8. The van der Waals surface area contributed by atoms with Gasteiger partial charge in [0.1, 0.15) is 5.58 Å². The Morgan fingerprint density at radius 1 is 1.19 bits per heavy atom. The Morgan fingerprint density at radius 3 is 2.56 bits per heavy atom. The van der Waals surface area contributed by atoms with Crippen LogP contribution in [0.5, 0.6) is 0 Å². The second-order valence-corrected chi connectivity index (χ2v) is 7.56. The Morgan fingerprint density at radius 2 is 1.89 bits per heavy atom. The molecule has 2 atom stereocenters. The van der Waals surface area contributed by atoms with Crippen LogP contribution < -0.4 is 11.4 Å². The fourth-order valence-electron chi connectivity index (χ4n) is 3.80. The highest BCUT2D eigenvalue weighted by molar-refractivity contribution is 5.99. The third kappa shape index (κ3) is 4.45. The number of nitrogens with zero attached hydrogens (tertiary/aromatic N) is 1. The first kappa shape index (κ1) is 19.3. The maximum absolute atomic E-state index is 12.7. The second kappa shape index (κ2) is 8.05. The van der Waals surface area contributed by atoms with Gasteiger partial charge in [-0.1, -0.05) is 6.92 Å². The molecule has 2 heterocycles. The maximum atomic E-state index is 12.7. The zero-order valence-corrected chi connectivity index (χ0v) is 15.8. The predicted octanol–water partition coefficient (Wildman–Crippen LogP) is 2.59. The number of likely N-dealkylation sites (tertiary alicyclic amines) is 1. The monoisotopic (exact) mass is 370 g/mol. The molecule has 0 saturated carbocycles. The Balaban J connectivity index is 1.60. The number of carbonyl (C=O) groups is 2. The van der Waals surface area contributed by atoms with Gasteiger partial charge in [0.15, 0.2) is 5.78 Å². The van der Waals surface area contributed by atoms with Gasteiger partial charge in [-0.05, 0) is 55.9 Å². The molecule has 6 nitrogen and oxygen atoms in total. The number of rotatable bonds is 5. The van der Waals surface area contributed by atoms with Crippen molar-refractivity contribution in [1.82, 2.24) is 4.90 Å². The molecule has 0 aliphatic carbocycles. The molecule has 144 valence electrons. The number of benzene rings is 1. The van der Waals surface area contributed by atoms with Gasteiger partial charge in [0, 0.05) is 36.5 Å². The molecule has 0 spiro atoms. The number of amides is 1. The number of nitrogens with two attached hydrogens (primary N) is 1. The molecule has 1 amide bonds. The van der Waals surface area contributed by atoms with Crippen LogP contribution in [0.2, 0.25) is 0 Å². The molecule has 27 heavy (non-hydrogen) atoms. The topological polar surface area (TPSA) is 93.6 Å². The van der Waals surface area contributed by atoms with Gasteiger partial charge >= 0.3 is 5.63 Å². The number of carbonyl (C=O) groups excluding carboxylic acids is 2. The van der Waals surface area contributed by atoms with Crippen LogP contribution in [-0.2, 0) is 4.79 Å². The minimum absolute atomic E-state index is 0.00000550. The molecule has 0 radical (unpaired) electrons. The predicted molar refractivity (Wildman–Crippen MR) is 104 cm³/mol. The lowest BCUT2D eigenvalue weighted by molar-refractivity contribution is -0.133. The fraction of sp³-hybridized carbons (Fsp3) is 0.476. The van der Waals surface area contributed by atoms with Crippen LogP contribution >= 0.6 is 0 Å². The summed E-state index contributed by atoms with van der Waals surface area (Å²) >= 11 is 0. The first-order valence-electron chi connectivity index (χ1n) is 9.46. The van der Waals surface area contributed by atoms with E-state index < -0.39 is 11.7 Å². The average molecular weight is 370 g/mol. The number of hydrogen-bond acceptors (Lipinski definition) is 5. The van der Waals surface area contributed by atoms with Gasteiger partial charge in [-0.3, -0.25) is 9.59 Å². The van der Waals surface area contributed by atoms with Gasteiger partial charge in [0.2, 0.25) is 5.91 Å². The number of ketones is 1. The average Bonchev–Trinajstić information content (AvgIpc) is 2.66. The van der Waals surface area contributed by atoms with Crippen LogP contribution in [0.4, 0.5) is 0 Å². The summed E-state index contributed by atoms with van der Waals surface area (Å²) in [5.74, 6) is 0.753. The number of fused-ring (bicyclic) bond motifs is 1. The smallest absolute Gasteiger partial charge is 0.336 e. The van der Waals surface area contributed by atoms with E-state index in [1.807, 2.05) is 4.90 Å². The van der Waals surface area contributed by atoms with Crippen molar-refractivity contribution in [3.05, 3.63) is 46.3 Å². The molecule has 2 aromatic rings. The summed E-state index contributed by atoms with van der Waals surface area (Å²) in [6.07, 6.45) is 2.26. The number of hydrogen-bond donors (Lipinski definition) is 1. The zero-order chi connectivity index (χ0) is 19.6. The molecular formula is C21H26N2O4. The highest BCUT2D eigenvalue weighted by Crippen LogP contribution is 2.28. The van der Waals surface area contributed by atoms with E-state index in [9.17, 15) is 14.4 Å². The molecule has 1 aromatic heterocycles. The van der Waals surface area contributed by atoms with Crippen LogP contribution in [0.3, 0.4) is 0 Å². The summed E-state index contributed by atoms with van der Waals surface area (Å²) < 4.78 is 5.11. The van der Waals surface area contributed by atoms with E-state index >= 15 is 0 Å². The molecular weight excluding hydrogens is 344 g/mol. The van der Waals surface area contributed by atoms with Crippen molar-refractivity contribution in [2.75, 3.05) is 13.1 Å².